The van der Waals surface area contributed by atoms with E-state index < -0.39 is 30.0 Å². The van der Waals surface area contributed by atoms with E-state index in [4.69, 9.17) is 11.5 Å². The number of ketones is 1. The highest BCUT2D eigenvalue weighted by Crippen LogP contribution is 2.13. The predicted octanol–water partition coefficient (Wildman–Crippen LogP) is -0.518. The summed E-state index contributed by atoms with van der Waals surface area (Å²) < 4.78 is 0. The zero-order chi connectivity index (χ0) is 21.1. The molecule has 8 nitrogen and oxygen atoms in total. The van der Waals surface area contributed by atoms with E-state index in [2.05, 4.69) is 10.6 Å². The number of amides is 2. The van der Waals surface area contributed by atoms with Crippen molar-refractivity contribution in [3.8, 4) is 0 Å². The van der Waals surface area contributed by atoms with Crippen LogP contribution in [0.5, 0.6) is 0 Å². The van der Waals surface area contributed by atoms with Crippen LogP contribution in [0.4, 0.5) is 0 Å². The molecule has 0 aliphatic rings. The molecule has 156 valence electrons. The average molecular weight is 393 g/mol. The fourth-order valence-electron chi connectivity index (χ4n) is 2.88. The molecule has 28 heavy (non-hydrogen) atoms. The van der Waals surface area contributed by atoms with Crippen LogP contribution in [-0.2, 0) is 20.8 Å². The molecule has 0 saturated carbocycles. The number of nitrogens with two attached hydrogens (primary N) is 2. The summed E-state index contributed by atoms with van der Waals surface area (Å²) in [5, 5.41) is 15.1. The molecule has 8 heteroatoms. The van der Waals surface area contributed by atoms with Crippen LogP contribution in [-0.4, -0.2) is 54.0 Å². The Morgan fingerprint density at radius 1 is 1.07 bits per heavy atom. The zero-order valence-corrected chi connectivity index (χ0v) is 16.6. The number of rotatable bonds is 12. The van der Waals surface area contributed by atoms with Crippen molar-refractivity contribution in [2.45, 2.75) is 51.3 Å². The molecule has 0 fully saturated rings. The summed E-state index contributed by atoms with van der Waals surface area (Å²) in [5.74, 6) is -1.67. The zero-order valence-electron chi connectivity index (χ0n) is 16.6. The molecule has 0 bridgehead atoms. The lowest BCUT2D eigenvalue weighted by Gasteiger charge is -2.26. The number of hydrogen-bond acceptors (Lipinski definition) is 6. The van der Waals surface area contributed by atoms with Crippen molar-refractivity contribution >= 4 is 17.6 Å². The van der Waals surface area contributed by atoms with Gasteiger partial charge >= 0.3 is 0 Å². The van der Waals surface area contributed by atoms with E-state index in [0.29, 0.717) is 19.4 Å². The lowest BCUT2D eigenvalue weighted by molar-refractivity contribution is -0.135. The second-order valence-electron chi connectivity index (χ2n) is 6.81. The predicted molar refractivity (Wildman–Crippen MR) is 107 cm³/mol. The smallest absolute Gasteiger partial charge is 0.245 e. The van der Waals surface area contributed by atoms with Gasteiger partial charge in [0.05, 0.1) is 12.1 Å². The van der Waals surface area contributed by atoms with Crippen molar-refractivity contribution in [1.82, 2.24) is 10.6 Å². The standard InChI is InChI=1S/C20H32N4O4/c1-3-17(26)16(12-22)23-20(28)18(13(2)25)24-19(27)15(9-10-21)11-14-7-5-4-6-8-14/h4-8,13,15-16,18,25H,3,9-12,21-22H2,1-2H3,(H,23,28)(H,24,27)/t13?,15?,16-,18-/m0/s1. The fourth-order valence-corrected chi connectivity index (χ4v) is 2.88. The second kappa shape index (κ2) is 12.2. The van der Waals surface area contributed by atoms with Crippen LogP contribution >= 0.6 is 0 Å². The van der Waals surface area contributed by atoms with Crippen molar-refractivity contribution in [3.05, 3.63) is 35.9 Å². The summed E-state index contributed by atoms with van der Waals surface area (Å²) >= 11 is 0. The summed E-state index contributed by atoms with van der Waals surface area (Å²) in [6.07, 6.45) is -0.00930. The Kier molecular flexibility index (Phi) is 10.4. The summed E-state index contributed by atoms with van der Waals surface area (Å²) in [6, 6.07) is 7.45. The molecule has 1 rings (SSSR count). The molecule has 0 aliphatic heterocycles. The Morgan fingerprint density at radius 3 is 2.21 bits per heavy atom. The SMILES string of the molecule is CCC(=O)[C@H](CN)NC(=O)[C@@H](NC(=O)C(CCN)Cc1ccccc1)C(C)O. The quantitative estimate of drug-likeness (QED) is 0.323. The van der Waals surface area contributed by atoms with E-state index in [0.717, 1.165) is 5.56 Å². The number of aliphatic hydroxyl groups excluding tert-OH is 1. The summed E-state index contributed by atoms with van der Waals surface area (Å²) in [5.41, 5.74) is 12.2. The molecule has 2 unspecified atom stereocenters. The molecule has 1 aromatic rings. The van der Waals surface area contributed by atoms with Gasteiger partial charge in [0.2, 0.25) is 11.8 Å². The van der Waals surface area contributed by atoms with E-state index in [9.17, 15) is 19.5 Å². The largest absolute Gasteiger partial charge is 0.391 e. The molecule has 4 atom stereocenters. The van der Waals surface area contributed by atoms with Gasteiger partial charge in [-0.2, -0.15) is 0 Å². The monoisotopic (exact) mass is 392 g/mol. The first-order valence-electron chi connectivity index (χ1n) is 9.59. The van der Waals surface area contributed by atoms with E-state index in [1.165, 1.54) is 6.92 Å². The topological polar surface area (TPSA) is 148 Å². The van der Waals surface area contributed by atoms with Gasteiger partial charge < -0.3 is 27.2 Å². The molecule has 7 N–H and O–H groups in total. The minimum atomic E-state index is -1.19. The van der Waals surface area contributed by atoms with E-state index >= 15 is 0 Å². The van der Waals surface area contributed by atoms with Gasteiger partial charge in [0.15, 0.2) is 5.78 Å². The minimum absolute atomic E-state index is 0.0529. The molecule has 1 aromatic carbocycles. The van der Waals surface area contributed by atoms with Crippen LogP contribution < -0.4 is 22.1 Å². The number of aliphatic hydroxyl groups is 1. The maximum Gasteiger partial charge on any atom is 0.245 e. The number of Topliss-reactive ketones (excluding diaryl/α,β-unsaturated/α-hetero) is 1. The van der Waals surface area contributed by atoms with E-state index in [-0.39, 0.29) is 24.7 Å². The Labute approximate surface area is 166 Å². The maximum atomic E-state index is 12.8. The van der Waals surface area contributed by atoms with Gasteiger partial charge in [0.1, 0.15) is 6.04 Å². The molecule has 0 saturated heterocycles. The fraction of sp³-hybridized carbons (Fsp3) is 0.550. The van der Waals surface area contributed by atoms with E-state index in [1.807, 2.05) is 30.3 Å². The van der Waals surface area contributed by atoms with Crippen LogP contribution in [0.2, 0.25) is 0 Å². The highest BCUT2D eigenvalue weighted by molar-refractivity contribution is 5.93. The number of benzene rings is 1. The number of carbonyl (C=O) groups excluding carboxylic acids is 3. The van der Waals surface area contributed by atoms with Crippen molar-refractivity contribution < 1.29 is 19.5 Å². The van der Waals surface area contributed by atoms with Gasteiger partial charge in [-0.15, -0.1) is 0 Å². The molecular weight excluding hydrogens is 360 g/mol. The van der Waals surface area contributed by atoms with Crippen molar-refractivity contribution in [2.75, 3.05) is 13.1 Å². The highest BCUT2D eigenvalue weighted by Gasteiger charge is 2.30. The third-order valence-electron chi connectivity index (χ3n) is 4.56. The molecule has 2 amide bonds. The van der Waals surface area contributed by atoms with Crippen LogP contribution in [0.3, 0.4) is 0 Å². The summed E-state index contributed by atoms with van der Waals surface area (Å²) in [6.45, 7) is 3.34. The van der Waals surface area contributed by atoms with Gasteiger partial charge in [0, 0.05) is 18.9 Å². The van der Waals surface area contributed by atoms with Gasteiger partial charge in [-0.05, 0) is 31.9 Å². The first-order chi connectivity index (χ1) is 13.3. The van der Waals surface area contributed by atoms with Gasteiger partial charge in [-0.3, -0.25) is 14.4 Å². The van der Waals surface area contributed by atoms with Crippen LogP contribution in [0.25, 0.3) is 0 Å². The number of nitrogens with one attached hydrogen (secondary N) is 2. The minimum Gasteiger partial charge on any atom is -0.391 e. The van der Waals surface area contributed by atoms with Gasteiger partial charge in [0.25, 0.3) is 0 Å². The lowest BCUT2D eigenvalue weighted by atomic mass is 9.94. The molecular formula is C20H32N4O4. The van der Waals surface area contributed by atoms with Gasteiger partial charge in [-0.1, -0.05) is 37.3 Å². The first kappa shape index (κ1) is 23.7. The third kappa shape index (κ3) is 7.38. The van der Waals surface area contributed by atoms with Crippen molar-refractivity contribution in [3.63, 3.8) is 0 Å². The average Bonchev–Trinajstić information content (AvgIpc) is 2.69. The maximum absolute atomic E-state index is 12.8. The normalized spacial score (nSPS) is 15.2. The Morgan fingerprint density at radius 2 is 1.71 bits per heavy atom. The molecule has 0 heterocycles. The van der Waals surface area contributed by atoms with E-state index in [1.54, 1.807) is 6.92 Å². The second-order valence-corrected chi connectivity index (χ2v) is 6.81. The first-order valence-corrected chi connectivity index (χ1v) is 9.59. The van der Waals surface area contributed by atoms with Crippen molar-refractivity contribution in [2.24, 2.45) is 17.4 Å². The molecule has 0 spiro atoms. The Bertz CT molecular complexity index is 636. The summed E-state index contributed by atoms with van der Waals surface area (Å²) in [4.78, 5) is 37.1. The molecule has 0 radical (unpaired) electrons. The highest BCUT2D eigenvalue weighted by atomic mass is 16.3. The van der Waals surface area contributed by atoms with Crippen LogP contribution in [0.1, 0.15) is 32.3 Å². The molecule has 0 aliphatic carbocycles. The Balaban J connectivity index is 2.85. The number of carbonyl (C=O) groups is 3. The van der Waals surface area contributed by atoms with Crippen LogP contribution in [0, 0.1) is 5.92 Å². The third-order valence-corrected chi connectivity index (χ3v) is 4.56. The van der Waals surface area contributed by atoms with Gasteiger partial charge in [-0.25, -0.2) is 0 Å². The summed E-state index contributed by atoms with van der Waals surface area (Å²) in [7, 11) is 0. The number of hydrogen-bond donors (Lipinski definition) is 5. The lowest BCUT2D eigenvalue weighted by Crippen LogP contribution is -2.58. The van der Waals surface area contributed by atoms with Crippen LogP contribution in [0.15, 0.2) is 30.3 Å². The Hall–Kier alpha value is -2.29. The molecule has 0 aromatic heterocycles. The van der Waals surface area contributed by atoms with Crippen molar-refractivity contribution in [1.29, 1.82) is 0 Å².